The monoisotopic (exact) mass is 407 g/mol. The van der Waals surface area contributed by atoms with Crippen molar-refractivity contribution in [2.45, 2.75) is 6.92 Å². The molecule has 0 amide bonds. The van der Waals surface area contributed by atoms with Gasteiger partial charge in [-0.25, -0.2) is 4.98 Å². The average molecular weight is 407 g/mol. The summed E-state index contributed by atoms with van der Waals surface area (Å²) < 4.78 is 0. The van der Waals surface area contributed by atoms with Gasteiger partial charge in [-0.05, 0) is 43.3 Å². The third kappa shape index (κ3) is 4.75. The van der Waals surface area contributed by atoms with Gasteiger partial charge in [-0.1, -0.05) is 12.1 Å². The van der Waals surface area contributed by atoms with Crippen LogP contribution in [0.5, 0.6) is 0 Å². The molecule has 1 aromatic heterocycles. The van der Waals surface area contributed by atoms with Crippen molar-refractivity contribution >= 4 is 40.2 Å². The standard InChI is InChI=1S/C21H25N7O2/c1-14-19(28(29)30)20(23-15-8-6-10-17(12-15)26(2)3)25-21(22-14)24-16-9-7-11-18(13-16)27(4)5/h6-13H,1-5H3,(H2,22,23,24,25). The lowest BCUT2D eigenvalue weighted by molar-refractivity contribution is -0.385. The third-order valence-electron chi connectivity index (χ3n) is 4.48. The van der Waals surface area contributed by atoms with Gasteiger partial charge in [0.2, 0.25) is 11.8 Å². The van der Waals surface area contributed by atoms with Gasteiger partial charge in [0.05, 0.1) is 4.92 Å². The molecule has 156 valence electrons. The minimum absolute atomic E-state index is 0.134. The number of nitrogens with zero attached hydrogens (tertiary/aromatic N) is 5. The Labute approximate surface area is 175 Å². The smallest absolute Gasteiger partial charge is 0.332 e. The van der Waals surface area contributed by atoms with E-state index in [1.54, 1.807) is 6.92 Å². The molecule has 0 saturated carbocycles. The maximum atomic E-state index is 11.6. The van der Waals surface area contributed by atoms with Gasteiger partial charge in [0.25, 0.3) is 0 Å². The van der Waals surface area contributed by atoms with Gasteiger partial charge < -0.3 is 20.4 Å². The molecule has 0 aliphatic heterocycles. The summed E-state index contributed by atoms with van der Waals surface area (Å²) in [6.45, 7) is 1.60. The summed E-state index contributed by atoms with van der Waals surface area (Å²) in [6, 6.07) is 15.3. The van der Waals surface area contributed by atoms with Gasteiger partial charge in [0, 0.05) is 50.9 Å². The molecule has 2 aromatic carbocycles. The molecule has 0 atom stereocenters. The molecule has 0 saturated heterocycles. The molecule has 3 aromatic rings. The van der Waals surface area contributed by atoms with E-state index in [1.165, 1.54) is 0 Å². The lowest BCUT2D eigenvalue weighted by atomic mass is 10.2. The van der Waals surface area contributed by atoms with E-state index in [0.29, 0.717) is 5.69 Å². The lowest BCUT2D eigenvalue weighted by Crippen LogP contribution is -2.10. The fourth-order valence-corrected chi connectivity index (χ4v) is 2.92. The minimum Gasteiger partial charge on any atom is -0.378 e. The summed E-state index contributed by atoms with van der Waals surface area (Å²) in [5.74, 6) is 0.412. The number of hydrogen-bond donors (Lipinski definition) is 2. The van der Waals surface area contributed by atoms with Gasteiger partial charge in [-0.15, -0.1) is 0 Å². The topological polar surface area (TPSA) is 99.5 Å². The van der Waals surface area contributed by atoms with E-state index in [9.17, 15) is 10.1 Å². The van der Waals surface area contributed by atoms with Crippen molar-refractivity contribution in [1.82, 2.24) is 9.97 Å². The highest BCUT2D eigenvalue weighted by Crippen LogP contribution is 2.31. The van der Waals surface area contributed by atoms with Crippen LogP contribution in [0.1, 0.15) is 5.69 Å². The number of aryl methyl sites for hydroxylation is 1. The molecule has 0 aliphatic carbocycles. The first-order valence-corrected chi connectivity index (χ1v) is 9.36. The molecule has 0 unspecified atom stereocenters. The van der Waals surface area contributed by atoms with Crippen molar-refractivity contribution in [1.29, 1.82) is 0 Å². The second-order valence-corrected chi connectivity index (χ2v) is 7.23. The molecule has 3 rings (SSSR count). The van der Waals surface area contributed by atoms with Gasteiger partial charge >= 0.3 is 5.69 Å². The summed E-state index contributed by atoms with van der Waals surface area (Å²) >= 11 is 0. The van der Waals surface area contributed by atoms with Gasteiger partial charge in [-0.2, -0.15) is 4.98 Å². The zero-order valence-corrected chi connectivity index (χ0v) is 17.7. The summed E-state index contributed by atoms with van der Waals surface area (Å²) in [5, 5.41) is 17.9. The highest BCUT2D eigenvalue weighted by atomic mass is 16.6. The zero-order valence-electron chi connectivity index (χ0n) is 17.7. The Morgan fingerprint density at radius 2 is 1.40 bits per heavy atom. The summed E-state index contributed by atoms with van der Waals surface area (Å²) in [5.41, 5.74) is 3.58. The van der Waals surface area contributed by atoms with Crippen LogP contribution in [0.4, 0.5) is 40.2 Å². The minimum atomic E-state index is -0.468. The summed E-state index contributed by atoms with van der Waals surface area (Å²) in [4.78, 5) is 23.8. The Bertz CT molecular complexity index is 1070. The van der Waals surface area contributed by atoms with Crippen molar-refractivity contribution in [2.75, 3.05) is 48.6 Å². The van der Waals surface area contributed by atoms with E-state index < -0.39 is 4.92 Å². The lowest BCUT2D eigenvalue weighted by Gasteiger charge is -2.16. The normalized spacial score (nSPS) is 10.4. The zero-order chi connectivity index (χ0) is 21.8. The highest BCUT2D eigenvalue weighted by Gasteiger charge is 2.22. The average Bonchev–Trinajstić information content (AvgIpc) is 2.67. The van der Waals surface area contributed by atoms with Crippen LogP contribution >= 0.6 is 0 Å². The molecule has 0 fully saturated rings. The Morgan fingerprint density at radius 3 is 1.90 bits per heavy atom. The first-order chi connectivity index (χ1) is 14.2. The molecule has 1 heterocycles. The number of nitro groups is 1. The SMILES string of the molecule is Cc1nc(Nc2cccc(N(C)C)c2)nc(Nc2cccc(N(C)C)c2)c1[N+](=O)[O-]. The molecule has 0 radical (unpaired) electrons. The van der Waals surface area contributed by atoms with E-state index in [-0.39, 0.29) is 23.1 Å². The van der Waals surface area contributed by atoms with Crippen LogP contribution in [0.3, 0.4) is 0 Å². The number of aromatic nitrogens is 2. The third-order valence-corrected chi connectivity index (χ3v) is 4.48. The Kier molecular flexibility index (Phi) is 6.01. The van der Waals surface area contributed by atoms with Crippen molar-refractivity contribution in [3.8, 4) is 0 Å². The van der Waals surface area contributed by atoms with E-state index in [1.807, 2.05) is 86.5 Å². The van der Waals surface area contributed by atoms with E-state index >= 15 is 0 Å². The first kappa shape index (κ1) is 20.8. The highest BCUT2D eigenvalue weighted by molar-refractivity contribution is 5.71. The van der Waals surface area contributed by atoms with Gasteiger partial charge in [-0.3, -0.25) is 10.1 Å². The second-order valence-electron chi connectivity index (χ2n) is 7.23. The van der Waals surface area contributed by atoms with Crippen molar-refractivity contribution < 1.29 is 4.92 Å². The molecular weight excluding hydrogens is 382 g/mol. The van der Waals surface area contributed by atoms with Crippen LogP contribution in [0, 0.1) is 17.0 Å². The first-order valence-electron chi connectivity index (χ1n) is 9.36. The van der Waals surface area contributed by atoms with E-state index in [2.05, 4.69) is 20.6 Å². The number of anilines is 6. The largest absolute Gasteiger partial charge is 0.378 e. The maximum absolute atomic E-state index is 11.6. The number of benzene rings is 2. The molecule has 9 nitrogen and oxygen atoms in total. The van der Waals surface area contributed by atoms with Crippen LogP contribution in [0.2, 0.25) is 0 Å². The van der Waals surface area contributed by atoms with E-state index in [0.717, 1.165) is 17.1 Å². The van der Waals surface area contributed by atoms with Gasteiger partial charge in [0.15, 0.2) is 0 Å². The summed E-state index contributed by atoms with van der Waals surface area (Å²) in [6.07, 6.45) is 0. The van der Waals surface area contributed by atoms with E-state index in [4.69, 9.17) is 0 Å². The Morgan fingerprint density at radius 1 is 0.867 bits per heavy atom. The van der Waals surface area contributed by atoms with Crippen LogP contribution in [0.25, 0.3) is 0 Å². The van der Waals surface area contributed by atoms with Crippen molar-refractivity contribution in [3.05, 3.63) is 64.3 Å². The molecule has 30 heavy (non-hydrogen) atoms. The van der Waals surface area contributed by atoms with Crippen LogP contribution in [0.15, 0.2) is 48.5 Å². The Balaban J connectivity index is 1.98. The number of nitrogens with one attached hydrogen (secondary N) is 2. The fraction of sp³-hybridized carbons (Fsp3) is 0.238. The quantitative estimate of drug-likeness (QED) is 0.441. The fourth-order valence-electron chi connectivity index (χ4n) is 2.92. The molecule has 0 aliphatic rings. The molecule has 0 spiro atoms. The van der Waals surface area contributed by atoms with Crippen LogP contribution < -0.4 is 20.4 Å². The second kappa shape index (κ2) is 8.64. The van der Waals surface area contributed by atoms with Crippen LogP contribution in [-0.2, 0) is 0 Å². The predicted octanol–water partition coefficient (Wildman–Crippen LogP) is 4.31. The van der Waals surface area contributed by atoms with Crippen molar-refractivity contribution in [3.63, 3.8) is 0 Å². The molecular formula is C21H25N7O2. The number of hydrogen-bond acceptors (Lipinski definition) is 8. The van der Waals surface area contributed by atoms with Crippen molar-refractivity contribution in [2.24, 2.45) is 0 Å². The van der Waals surface area contributed by atoms with Gasteiger partial charge in [0.1, 0.15) is 5.69 Å². The maximum Gasteiger partial charge on any atom is 0.332 e. The predicted molar refractivity (Wildman–Crippen MR) is 122 cm³/mol. The molecule has 9 heteroatoms. The Hall–Kier alpha value is -3.88. The molecule has 2 N–H and O–H groups in total. The van der Waals surface area contributed by atoms with Crippen LogP contribution in [-0.4, -0.2) is 43.1 Å². The number of rotatable bonds is 7. The molecule has 0 bridgehead atoms. The summed E-state index contributed by atoms with van der Waals surface area (Å²) in [7, 11) is 7.77.